The number of hydrogen-bond donors (Lipinski definition) is 1. The van der Waals surface area contributed by atoms with Gasteiger partial charge in [-0.25, -0.2) is 0 Å². The van der Waals surface area contributed by atoms with Crippen molar-refractivity contribution in [2.75, 3.05) is 20.1 Å². The zero-order chi connectivity index (χ0) is 13.1. The highest BCUT2D eigenvalue weighted by atomic mass is 35.5. The average Bonchev–Trinajstić information content (AvgIpc) is 2.59. The van der Waals surface area contributed by atoms with E-state index in [-0.39, 0.29) is 18.3 Å². The summed E-state index contributed by atoms with van der Waals surface area (Å²) in [5, 5.41) is 3.97. The summed E-state index contributed by atoms with van der Waals surface area (Å²) in [5.41, 5.74) is 0.653. The molecule has 6 heteroatoms. The molecule has 1 fully saturated rings. The molecule has 2 rings (SSSR count). The number of amides is 1. The molecule has 0 saturated carbocycles. The Morgan fingerprint density at radius 3 is 2.84 bits per heavy atom. The lowest BCUT2D eigenvalue weighted by molar-refractivity contribution is 0.0711. The van der Waals surface area contributed by atoms with Gasteiger partial charge in [0.2, 0.25) is 0 Å². The summed E-state index contributed by atoms with van der Waals surface area (Å²) in [5.74, 6) is 0.0521. The van der Waals surface area contributed by atoms with E-state index >= 15 is 0 Å². The summed E-state index contributed by atoms with van der Waals surface area (Å²) in [4.78, 5) is 14.3. The largest absolute Gasteiger partial charge is 0.345 e. The van der Waals surface area contributed by atoms with E-state index in [1.807, 2.05) is 19.0 Å². The van der Waals surface area contributed by atoms with E-state index in [2.05, 4.69) is 5.32 Å². The van der Waals surface area contributed by atoms with Gasteiger partial charge in [0.15, 0.2) is 0 Å². The van der Waals surface area contributed by atoms with Crippen LogP contribution in [0.3, 0.4) is 0 Å². The fourth-order valence-corrected chi connectivity index (χ4v) is 2.72. The van der Waals surface area contributed by atoms with Crippen molar-refractivity contribution in [1.29, 1.82) is 0 Å². The minimum absolute atomic E-state index is 0. The van der Waals surface area contributed by atoms with E-state index in [0.717, 1.165) is 32.4 Å². The molecular formula is C13H21Cl2N3O. The molecule has 1 aromatic heterocycles. The van der Waals surface area contributed by atoms with Gasteiger partial charge in [0.1, 0.15) is 5.69 Å². The lowest BCUT2D eigenvalue weighted by Crippen LogP contribution is -2.38. The zero-order valence-electron chi connectivity index (χ0n) is 11.4. The smallest absolute Gasteiger partial charge is 0.270 e. The fraction of sp³-hybridized carbons (Fsp3) is 0.615. The molecule has 2 heterocycles. The maximum absolute atomic E-state index is 12.4. The molecule has 1 amide bonds. The summed E-state index contributed by atoms with van der Waals surface area (Å²) in [6.07, 6.45) is 4.96. The van der Waals surface area contributed by atoms with Gasteiger partial charge in [0.05, 0.1) is 5.02 Å². The Kier molecular flexibility index (Phi) is 6.17. The molecule has 1 atom stereocenters. The number of aromatic nitrogens is 1. The van der Waals surface area contributed by atoms with Crippen molar-refractivity contribution in [3.63, 3.8) is 0 Å². The Balaban J connectivity index is 0.00000180. The third kappa shape index (κ3) is 3.88. The van der Waals surface area contributed by atoms with Crippen molar-refractivity contribution >= 4 is 29.9 Å². The Hall–Kier alpha value is -0.710. The average molecular weight is 306 g/mol. The van der Waals surface area contributed by atoms with Crippen molar-refractivity contribution in [3.8, 4) is 0 Å². The van der Waals surface area contributed by atoms with Crippen LogP contribution in [0.1, 0.15) is 29.8 Å². The van der Waals surface area contributed by atoms with Gasteiger partial charge in [0, 0.05) is 26.3 Å². The summed E-state index contributed by atoms with van der Waals surface area (Å²) < 4.78 is 1.79. The minimum atomic E-state index is 0. The van der Waals surface area contributed by atoms with Crippen LogP contribution >= 0.6 is 24.0 Å². The van der Waals surface area contributed by atoms with Crippen LogP contribution in [0, 0.1) is 0 Å². The zero-order valence-corrected chi connectivity index (χ0v) is 12.9. The third-order valence-corrected chi connectivity index (χ3v) is 3.81. The first-order valence-electron chi connectivity index (χ1n) is 6.39. The molecule has 1 saturated heterocycles. The molecule has 0 aliphatic carbocycles. The maximum Gasteiger partial charge on any atom is 0.270 e. The molecule has 0 aromatic carbocycles. The van der Waals surface area contributed by atoms with Gasteiger partial charge < -0.3 is 14.8 Å². The van der Waals surface area contributed by atoms with Gasteiger partial charge in [-0.15, -0.1) is 12.4 Å². The SMILES string of the molecule is CN(C(=O)c1cc(Cl)cn1C)C1CCCNCC1.Cl. The van der Waals surface area contributed by atoms with Crippen molar-refractivity contribution in [1.82, 2.24) is 14.8 Å². The highest BCUT2D eigenvalue weighted by molar-refractivity contribution is 6.31. The van der Waals surface area contributed by atoms with Crippen LogP contribution in [0.15, 0.2) is 12.3 Å². The van der Waals surface area contributed by atoms with Gasteiger partial charge in [-0.1, -0.05) is 11.6 Å². The van der Waals surface area contributed by atoms with Gasteiger partial charge in [-0.05, 0) is 38.4 Å². The lowest BCUT2D eigenvalue weighted by Gasteiger charge is -2.27. The van der Waals surface area contributed by atoms with Crippen LogP contribution in [-0.4, -0.2) is 41.6 Å². The second-order valence-electron chi connectivity index (χ2n) is 4.91. The predicted molar refractivity (Wildman–Crippen MR) is 80.3 cm³/mol. The van der Waals surface area contributed by atoms with E-state index in [9.17, 15) is 4.79 Å². The van der Waals surface area contributed by atoms with Crippen molar-refractivity contribution in [2.45, 2.75) is 25.3 Å². The van der Waals surface area contributed by atoms with Crippen LogP contribution in [0.2, 0.25) is 5.02 Å². The van der Waals surface area contributed by atoms with Gasteiger partial charge in [0.25, 0.3) is 5.91 Å². The molecule has 1 unspecified atom stereocenters. The Labute approximate surface area is 125 Å². The van der Waals surface area contributed by atoms with E-state index in [1.165, 1.54) is 0 Å². The molecule has 1 aliphatic rings. The molecule has 108 valence electrons. The number of carbonyl (C=O) groups excluding carboxylic acids is 1. The summed E-state index contributed by atoms with van der Waals surface area (Å²) in [6.45, 7) is 2.03. The second-order valence-corrected chi connectivity index (χ2v) is 5.34. The molecule has 1 aromatic rings. The van der Waals surface area contributed by atoms with Crippen LogP contribution in [0.5, 0.6) is 0 Å². The van der Waals surface area contributed by atoms with Crippen molar-refractivity contribution < 1.29 is 4.79 Å². The molecule has 19 heavy (non-hydrogen) atoms. The fourth-order valence-electron chi connectivity index (χ4n) is 2.47. The molecule has 0 bridgehead atoms. The predicted octanol–water partition coefficient (Wildman–Crippen LogP) is 2.31. The quantitative estimate of drug-likeness (QED) is 0.910. The van der Waals surface area contributed by atoms with Crippen molar-refractivity contribution in [2.24, 2.45) is 7.05 Å². The highest BCUT2D eigenvalue weighted by Gasteiger charge is 2.23. The number of nitrogens with one attached hydrogen (secondary N) is 1. The Morgan fingerprint density at radius 2 is 2.21 bits per heavy atom. The maximum atomic E-state index is 12.4. The van der Waals surface area contributed by atoms with Crippen LogP contribution < -0.4 is 5.32 Å². The minimum Gasteiger partial charge on any atom is -0.345 e. The van der Waals surface area contributed by atoms with Gasteiger partial charge >= 0.3 is 0 Å². The number of halogens is 2. The number of aryl methyl sites for hydroxylation is 1. The number of carbonyl (C=O) groups is 1. The molecule has 0 spiro atoms. The van der Waals surface area contributed by atoms with E-state index in [0.29, 0.717) is 16.8 Å². The normalized spacial score (nSPS) is 19.4. The van der Waals surface area contributed by atoms with Gasteiger partial charge in [-0.2, -0.15) is 0 Å². The van der Waals surface area contributed by atoms with E-state index in [1.54, 1.807) is 16.8 Å². The third-order valence-electron chi connectivity index (χ3n) is 3.60. The number of nitrogens with zero attached hydrogens (tertiary/aromatic N) is 2. The molecule has 4 nitrogen and oxygen atoms in total. The van der Waals surface area contributed by atoms with Crippen LogP contribution in [0.4, 0.5) is 0 Å². The topological polar surface area (TPSA) is 37.3 Å². The van der Waals surface area contributed by atoms with Crippen LogP contribution in [0.25, 0.3) is 0 Å². The molecule has 1 N–H and O–H groups in total. The lowest BCUT2D eigenvalue weighted by atomic mass is 10.1. The molecular weight excluding hydrogens is 285 g/mol. The van der Waals surface area contributed by atoms with Crippen LogP contribution in [-0.2, 0) is 7.05 Å². The standard InChI is InChI=1S/C13H20ClN3O.ClH/c1-16-9-10(14)8-12(16)13(18)17(2)11-4-3-6-15-7-5-11;/h8-9,11,15H,3-7H2,1-2H3;1H. The second kappa shape index (κ2) is 7.17. The summed E-state index contributed by atoms with van der Waals surface area (Å²) in [6, 6.07) is 2.05. The first-order valence-corrected chi connectivity index (χ1v) is 6.77. The number of rotatable bonds is 2. The van der Waals surface area contributed by atoms with Gasteiger partial charge in [-0.3, -0.25) is 4.79 Å². The number of hydrogen-bond acceptors (Lipinski definition) is 2. The Bertz CT molecular complexity index is 426. The molecule has 1 aliphatic heterocycles. The van der Waals surface area contributed by atoms with E-state index in [4.69, 9.17) is 11.6 Å². The Morgan fingerprint density at radius 1 is 1.47 bits per heavy atom. The summed E-state index contributed by atoms with van der Waals surface area (Å²) in [7, 11) is 3.74. The first-order chi connectivity index (χ1) is 8.59. The van der Waals surface area contributed by atoms with Crippen molar-refractivity contribution in [3.05, 3.63) is 23.0 Å². The highest BCUT2D eigenvalue weighted by Crippen LogP contribution is 2.18. The summed E-state index contributed by atoms with van der Waals surface area (Å²) >= 11 is 5.92. The monoisotopic (exact) mass is 305 g/mol. The molecule has 0 radical (unpaired) electrons. The van der Waals surface area contributed by atoms with E-state index < -0.39 is 0 Å². The first kappa shape index (κ1) is 16.3.